The van der Waals surface area contributed by atoms with Crippen LogP contribution in [0.5, 0.6) is 0 Å². The van der Waals surface area contributed by atoms with E-state index < -0.39 is 0 Å². The van der Waals surface area contributed by atoms with E-state index >= 15 is 0 Å². The van der Waals surface area contributed by atoms with E-state index in [1.54, 1.807) is 0 Å². The molecule has 2 N–H and O–H groups in total. The summed E-state index contributed by atoms with van der Waals surface area (Å²) in [4.78, 5) is 12.4. The first kappa shape index (κ1) is 14.1. The smallest absolute Gasteiger partial charge is 0.228 e. The van der Waals surface area contributed by atoms with E-state index in [0.29, 0.717) is 0 Å². The minimum Gasteiger partial charge on any atom is -0.342 e. The average Bonchev–Trinajstić information content (AvgIpc) is 2.78. The normalized spacial score (nSPS) is 25.2. The molecule has 1 aliphatic heterocycles. The van der Waals surface area contributed by atoms with Crippen LogP contribution in [-0.4, -0.2) is 25.0 Å². The van der Waals surface area contributed by atoms with Gasteiger partial charge < -0.3 is 10.6 Å². The second kappa shape index (κ2) is 6.66. The van der Waals surface area contributed by atoms with Gasteiger partial charge in [0.15, 0.2) is 0 Å². The Morgan fingerprint density at radius 2 is 2.29 bits per heavy atom. The summed E-state index contributed by atoms with van der Waals surface area (Å²) >= 11 is 0. The number of carbonyl (C=O) groups excluding carboxylic acids is 1. The highest BCUT2D eigenvalue weighted by Gasteiger charge is 2.40. The van der Waals surface area contributed by atoms with Crippen molar-refractivity contribution in [3.8, 4) is 12.3 Å². The number of hydrogen-bond donors (Lipinski definition) is 2. The number of hydrogen-bond acceptors (Lipinski definition) is 2. The lowest BCUT2D eigenvalue weighted by Gasteiger charge is -2.28. The summed E-state index contributed by atoms with van der Waals surface area (Å²) in [6, 6.07) is -0.109. The Hall–Kier alpha value is -1.01. The fourth-order valence-electron chi connectivity index (χ4n) is 2.54. The second-order valence-corrected chi connectivity index (χ2v) is 4.94. The quantitative estimate of drug-likeness (QED) is 0.689. The van der Waals surface area contributed by atoms with Gasteiger partial charge in [0.1, 0.15) is 0 Å². The van der Waals surface area contributed by atoms with Gasteiger partial charge in [0, 0.05) is 6.54 Å². The van der Waals surface area contributed by atoms with Crippen molar-refractivity contribution >= 4 is 5.91 Å². The molecule has 2 unspecified atom stereocenters. The van der Waals surface area contributed by atoms with Crippen LogP contribution in [0.25, 0.3) is 0 Å². The Labute approximate surface area is 105 Å². The highest BCUT2D eigenvalue weighted by molar-refractivity contribution is 5.83. The fraction of sp³-hybridized carbons (Fsp3) is 0.786. The van der Waals surface area contributed by atoms with Gasteiger partial charge in [0.05, 0.1) is 11.5 Å². The maximum Gasteiger partial charge on any atom is 0.228 e. The van der Waals surface area contributed by atoms with Gasteiger partial charge in [-0.15, -0.1) is 6.42 Å². The molecule has 1 saturated heterocycles. The lowest BCUT2D eigenvalue weighted by Crippen LogP contribution is -2.46. The Bertz CT molecular complexity index is 287. The third-order valence-corrected chi connectivity index (χ3v) is 3.54. The molecule has 1 amide bonds. The molecule has 0 aromatic rings. The van der Waals surface area contributed by atoms with Crippen LogP contribution in [0.1, 0.15) is 46.0 Å². The van der Waals surface area contributed by atoms with Crippen LogP contribution in [0.3, 0.4) is 0 Å². The van der Waals surface area contributed by atoms with Crippen molar-refractivity contribution in [2.24, 2.45) is 5.41 Å². The average molecular weight is 236 g/mol. The summed E-state index contributed by atoms with van der Waals surface area (Å²) in [5, 5.41) is 6.31. The molecule has 1 heterocycles. The molecule has 0 radical (unpaired) electrons. The zero-order valence-electron chi connectivity index (χ0n) is 11.0. The fourth-order valence-corrected chi connectivity index (χ4v) is 2.54. The lowest BCUT2D eigenvalue weighted by molar-refractivity contribution is -0.131. The minimum absolute atomic E-state index is 0.109. The lowest BCUT2D eigenvalue weighted by atomic mass is 9.81. The first-order valence-corrected chi connectivity index (χ1v) is 6.66. The zero-order valence-corrected chi connectivity index (χ0v) is 11.0. The summed E-state index contributed by atoms with van der Waals surface area (Å²) in [5.74, 6) is 2.80. The predicted octanol–water partition coefficient (Wildman–Crippen LogP) is 1.68. The molecule has 96 valence electrons. The summed E-state index contributed by atoms with van der Waals surface area (Å²) in [6.07, 6.45) is 10.2. The van der Waals surface area contributed by atoms with Gasteiger partial charge in [-0.3, -0.25) is 4.79 Å². The summed E-state index contributed by atoms with van der Waals surface area (Å²) in [7, 11) is 0. The number of carbonyl (C=O) groups is 1. The Morgan fingerprint density at radius 1 is 1.53 bits per heavy atom. The molecule has 0 spiro atoms. The van der Waals surface area contributed by atoms with Crippen LogP contribution in [0.2, 0.25) is 0 Å². The number of amides is 1. The zero-order chi connectivity index (χ0) is 12.7. The number of rotatable bonds is 6. The van der Waals surface area contributed by atoms with Crippen LogP contribution >= 0.6 is 0 Å². The van der Waals surface area contributed by atoms with Gasteiger partial charge in [0.25, 0.3) is 0 Å². The standard InChI is InChI=1S/C14H24N2O/c1-4-7-12(6-3)16-13(17)14(8-5-2)9-10-15-11-14/h3,12,15H,4-5,7-11H2,1-2H3,(H,16,17). The number of terminal acetylenes is 1. The molecule has 17 heavy (non-hydrogen) atoms. The Balaban J connectivity index is 2.62. The maximum atomic E-state index is 12.4. The Kier molecular flexibility index (Phi) is 5.50. The molecule has 3 nitrogen and oxygen atoms in total. The largest absolute Gasteiger partial charge is 0.342 e. The van der Waals surface area contributed by atoms with E-state index in [1.807, 2.05) is 0 Å². The molecule has 1 aliphatic rings. The second-order valence-electron chi connectivity index (χ2n) is 4.94. The summed E-state index contributed by atoms with van der Waals surface area (Å²) < 4.78 is 0. The van der Waals surface area contributed by atoms with E-state index in [4.69, 9.17) is 6.42 Å². The molecule has 0 aromatic carbocycles. The highest BCUT2D eigenvalue weighted by Crippen LogP contribution is 2.31. The van der Waals surface area contributed by atoms with Crippen LogP contribution in [0, 0.1) is 17.8 Å². The van der Waals surface area contributed by atoms with Crippen molar-refractivity contribution in [3.05, 3.63) is 0 Å². The molecule has 1 rings (SSSR count). The van der Waals surface area contributed by atoms with Gasteiger partial charge in [-0.2, -0.15) is 0 Å². The van der Waals surface area contributed by atoms with Crippen molar-refractivity contribution in [1.82, 2.24) is 10.6 Å². The van der Waals surface area contributed by atoms with Crippen molar-refractivity contribution in [2.75, 3.05) is 13.1 Å². The van der Waals surface area contributed by atoms with Crippen LogP contribution < -0.4 is 10.6 Å². The first-order valence-electron chi connectivity index (χ1n) is 6.66. The first-order chi connectivity index (χ1) is 8.18. The van der Waals surface area contributed by atoms with E-state index in [-0.39, 0.29) is 17.4 Å². The van der Waals surface area contributed by atoms with Crippen LogP contribution in [-0.2, 0) is 4.79 Å². The third kappa shape index (κ3) is 3.47. The molecular weight excluding hydrogens is 212 g/mol. The van der Waals surface area contributed by atoms with Crippen LogP contribution in [0.4, 0.5) is 0 Å². The van der Waals surface area contributed by atoms with Crippen molar-refractivity contribution in [3.63, 3.8) is 0 Å². The van der Waals surface area contributed by atoms with Gasteiger partial charge in [-0.1, -0.05) is 32.6 Å². The molecule has 0 aromatic heterocycles. The molecule has 0 aliphatic carbocycles. The van der Waals surface area contributed by atoms with E-state index in [1.165, 1.54) is 0 Å². The monoisotopic (exact) mass is 236 g/mol. The van der Waals surface area contributed by atoms with Crippen molar-refractivity contribution in [2.45, 2.75) is 52.0 Å². The summed E-state index contributed by atoms with van der Waals surface area (Å²) in [5.41, 5.74) is -0.225. The van der Waals surface area contributed by atoms with E-state index in [0.717, 1.165) is 45.2 Å². The highest BCUT2D eigenvalue weighted by atomic mass is 16.2. The van der Waals surface area contributed by atoms with E-state index in [2.05, 4.69) is 30.4 Å². The minimum atomic E-state index is -0.225. The molecular formula is C14H24N2O. The number of nitrogens with one attached hydrogen (secondary N) is 2. The maximum absolute atomic E-state index is 12.4. The van der Waals surface area contributed by atoms with Crippen molar-refractivity contribution < 1.29 is 4.79 Å². The molecule has 2 atom stereocenters. The predicted molar refractivity (Wildman–Crippen MR) is 70.5 cm³/mol. The molecule has 3 heteroatoms. The van der Waals surface area contributed by atoms with Gasteiger partial charge >= 0.3 is 0 Å². The topological polar surface area (TPSA) is 41.1 Å². The summed E-state index contributed by atoms with van der Waals surface area (Å²) in [6.45, 7) is 5.92. The molecule has 1 fully saturated rings. The van der Waals surface area contributed by atoms with E-state index in [9.17, 15) is 4.79 Å². The van der Waals surface area contributed by atoms with Gasteiger partial charge in [0.2, 0.25) is 5.91 Å². The van der Waals surface area contributed by atoms with Crippen LogP contribution in [0.15, 0.2) is 0 Å². The SMILES string of the molecule is C#CC(CCC)NC(=O)C1(CCC)CCNC1. The van der Waals surface area contributed by atoms with Crippen molar-refractivity contribution in [1.29, 1.82) is 0 Å². The molecule has 0 saturated carbocycles. The van der Waals surface area contributed by atoms with Gasteiger partial charge in [-0.25, -0.2) is 0 Å². The Morgan fingerprint density at radius 3 is 2.76 bits per heavy atom. The van der Waals surface area contributed by atoms with Gasteiger partial charge in [-0.05, 0) is 25.8 Å². The third-order valence-electron chi connectivity index (χ3n) is 3.54. The molecule has 0 bridgehead atoms.